The van der Waals surface area contributed by atoms with Crippen LogP contribution in [0.4, 0.5) is 5.69 Å². The maximum atomic E-state index is 13.5. The van der Waals surface area contributed by atoms with Crippen LogP contribution in [0.3, 0.4) is 0 Å². The fourth-order valence-electron chi connectivity index (χ4n) is 4.25. The van der Waals surface area contributed by atoms with Crippen molar-refractivity contribution in [2.75, 3.05) is 51.8 Å². The molecule has 1 N–H and O–H groups in total. The van der Waals surface area contributed by atoms with Gasteiger partial charge in [0.15, 0.2) is 0 Å². The molecule has 2 aromatic rings. The summed E-state index contributed by atoms with van der Waals surface area (Å²) in [6.45, 7) is 7.91. The lowest BCUT2D eigenvalue weighted by atomic mass is 10.0. The second kappa shape index (κ2) is 9.54. The van der Waals surface area contributed by atoms with Gasteiger partial charge in [0.05, 0.1) is 25.9 Å². The molecule has 0 aliphatic carbocycles. The predicted octanol–water partition coefficient (Wildman–Crippen LogP) is 2.84. The molecule has 0 atom stereocenters. The van der Waals surface area contributed by atoms with E-state index in [0.717, 1.165) is 29.9 Å². The molecule has 7 heteroatoms. The Morgan fingerprint density at radius 2 is 1.66 bits per heavy atom. The van der Waals surface area contributed by atoms with Crippen LogP contribution in [-0.2, 0) is 14.3 Å². The number of benzene rings is 2. The fourth-order valence-corrected chi connectivity index (χ4v) is 4.25. The maximum Gasteiger partial charge on any atom is 0.278 e. The zero-order valence-electron chi connectivity index (χ0n) is 18.8. The number of ether oxygens (including phenoxy) is 2. The number of nitrogens with zero attached hydrogens (tertiary/aromatic N) is 2. The highest BCUT2D eigenvalue weighted by atomic mass is 16.5. The van der Waals surface area contributed by atoms with Crippen LogP contribution in [0.1, 0.15) is 16.7 Å². The molecule has 2 aliphatic rings. The van der Waals surface area contributed by atoms with Crippen LogP contribution < -0.4 is 10.1 Å². The van der Waals surface area contributed by atoms with Crippen molar-refractivity contribution in [3.8, 4) is 5.75 Å². The summed E-state index contributed by atoms with van der Waals surface area (Å²) >= 11 is 0. The number of imide groups is 1. The summed E-state index contributed by atoms with van der Waals surface area (Å²) in [5, 5.41) is 3.25. The molecule has 2 amide bonds. The molecule has 0 unspecified atom stereocenters. The number of anilines is 1. The second-order valence-corrected chi connectivity index (χ2v) is 8.17. The molecule has 168 valence electrons. The second-order valence-electron chi connectivity index (χ2n) is 8.17. The number of carbonyl (C=O) groups is 2. The predicted molar refractivity (Wildman–Crippen MR) is 123 cm³/mol. The first-order chi connectivity index (χ1) is 15.5. The highest BCUT2D eigenvalue weighted by Crippen LogP contribution is 2.35. The van der Waals surface area contributed by atoms with Crippen molar-refractivity contribution >= 4 is 23.1 Å². The number of methoxy groups -OCH3 is 1. The van der Waals surface area contributed by atoms with E-state index in [-0.39, 0.29) is 17.5 Å². The van der Waals surface area contributed by atoms with Gasteiger partial charge in [-0.1, -0.05) is 24.3 Å². The molecule has 1 fully saturated rings. The van der Waals surface area contributed by atoms with Crippen molar-refractivity contribution in [2.24, 2.45) is 0 Å². The molecule has 0 bridgehead atoms. The van der Waals surface area contributed by atoms with Crippen LogP contribution in [-0.4, -0.2) is 68.1 Å². The van der Waals surface area contributed by atoms with E-state index in [9.17, 15) is 9.59 Å². The van der Waals surface area contributed by atoms with Gasteiger partial charge >= 0.3 is 0 Å². The molecule has 2 aromatic carbocycles. The minimum absolute atomic E-state index is 0.284. The Labute approximate surface area is 188 Å². The Hall–Kier alpha value is -3.16. The van der Waals surface area contributed by atoms with Crippen LogP contribution in [0.25, 0.3) is 5.57 Å². The number of hydrogen-bond donors (Lipinski definition) is 1. The summed E-state index contributed by atoms with van der Waals surface area (Å²) in [5.41, 5.74) is 4.16. The lowest BCUT2D eigenvalue weighted by Crippen LogP contribution is -2.43. The Balaban J connectivity index is 1.68. The molecule has 1 saturated heterocycles. The first-order valence-electron chi connectivity index (χ1n) is 10.9. The van der Waals surface area contributed by atoms with E-state index < -0.39 is 0 Å². The van der Waals surface area contributed by atoms with Gasteiger partial charge in [0.1, 0.15) is 11.4 Å². The van der Waals surface area contributed by atoms with E-state index >= 15 is 0 Å². The zero-order valence-corrected chi connectivity index (χ0v) is 18.8. The van der Waals surface area contributed by atoms with Crippen molar-refractivity contribution in [1.29, 1.82) is 0 Å². The summed E-state index contributed by atoms with van der Waals surface area (Å²) < 4.78 is 10.9. The highest BCUT2D eigenvalue weighted by Gasteiger charge is 2.40. The molecule has 32 heavy (non-hydrogen) atoms. The number of carbonyl (C=O) groups excluding carboxylic acids is 2. The van der Waals surface area contributed by atoms with Gasteiger partial charge in [-0.05, 0) is 43.2 Å². The Morgan fingerprint density at radius 1 is 0.969 bits per heavy atom. The van der Waals surface area contributed by atoms with E-state index in [0.29, 0.717) is 43.2 Å². The Kier molecular flexibility index (Phi) is 6.58. The molecule has 2 aliphatic heterocycles. The van der Waals surface area contributed by atoms with E-state index in [1.54, 1.807) is 13.2 Å². The number of nitrogens with one attached hydrogen (secondary N) is 1. The van der Waals surface area contributed by atoms with Crippen molar-refractivity contribution in [3.05, 3.63) is 64.9 Å². The zero-order chi connectivity index (χ0) is 22.7. The normalized spacial score (nSPS) is 17.3. The van der Waals surface area contributed by atoms with Gasteiger partial charge in [-0.15, -0.1) is 0 Å². The minimum Gasteiger partial charge on any atom is -0.496 e. The molecule has 0 saturated carbocycles. The quantitative estimate of drug-likeness (QED) is 0.675. The molecule has 0 aromatic heterocycles. The molecule has 7 nitrogen and oxygen atoms in total. The molecular weight excluding hydrogens is 406 g/mol. The van der Waals surface area contributed by atoms with Crippen LogP contribution in [0.2, 0.25) is 0 Å². The first-order valence-corrected chi connectivity index (χ1v) is 10.9. The lowest BCUT2D eigenvalue weighted by Gasteiger charge is -2.28. The third-order valence-electron chi connectivity index (χ3n) is 5.78. The number of amides is 2. The van der Waals surface area contributed by atoms with Gasteiger partial charge in [-0.3, -0.25) is 19.4 Å². The van der Waals surface area contributed by atoms with Crippen LogP contribution in [0.15, 0.2) is 48.2 Å². The number of rotatable bonds is 7. The van der Waals surface area contributed by atoms with Crippen molar-refractivity contribution in [1.82, 2.24) is 9.80 Å². The number of hydrogen-bond acceptors (Lipinski definition) is 6. The van der Waals surface area contributed by atoms with Crippen LogP contribution >= 0.6 is 0 Å². The monoisotopic (exact) mass is 435 g/mol. The Bertz CT molecular complexity index is 1040. The van der Waals surface area contributed by atoms with Gasteiger partial charge in [-0.25, -0.2) is 0 Å². The van der Waals surface area contributed by atoms with Gasteiger partial charge in [0.25, 0.3) is 11.8 Å². The first kappa shape index (κ1) is 22.0. The standard InChI is InChI=1S/C25H29N3O4/c1-17-14-18(2)16-19(15-17)26-23-22(20-6-4-5-7-21(20)31-3)24(29)28(25(23)30)9-8-27-10-12-32-13-11-27/h4-7,14-16,26H,8-13H2,1-3H3. The molecule has 0 spiro atoms. The largest absolute Gasteiger partial charge is 0.496 e. The average Bonchev–Trinajstić information content (AvgIpc) is 3.01. The summed E-state index contributed by atoms with van der Waals surface area (Å²) in [5.74, 6) is -0.0682. The van der Waals surface area contributed by atoms with Gasteiger partial charge in [0, 0.05) is 37.4 Å². The van der Waals surface area contributed by atoms with Gasteiger partial charge < -0.3 is 14.8 Å². The van der Waals surface area contributed by atoms with E-state index in [1.165, 1.54) is 4.90 Å². The van der Waals surface area contributed by atoms with E-state index in [1.807, 2.05) is 44.2 Å². The summed E-state index contributed by atoms with van der Waals surface area (Å²) in [6, 6.07) is 13.3. The average molecular weight is 436 g/mol. The summed E-state index contributed by atoms with van der Waals surface area (Å²) in [7, 11) is 1.56. The third kappa shape index (κ3) is 4.54. The molecule has 2 heterocycles. The van der Waals surface area contributed by atoms with Crippen LogP contribution in [0, 0.1) is 13.8 Å². The molecule has 4 rings (SSSR count). The van der Waals surface area contributed by atoms with E-state index in [2.05, 4.69) is 16.3 Å². The molecule has 0 radical (unpaired) electrons. The van der Waals surface area contributed by atoms with Crippen LogP contribution in [0.5, 0.6) is 5.75 Å². The lowest BCUT2D eigenvalue weighted by molar-refractivity contribution is -0.137. The topological polar surface area (TPSA) is 71.1 Å². The summed E-state index contributed by atoms with van der Waals surface area (Å²) in [6.07, 6.45) is 0. The molecular formula is C25H29N3O4. The van der Waals surface area contributed by atoms with Gasteiger partial charge in [0.2, 0.25) is 0 Å². The maximum absolute atomic E-state index is 13.5. The fraction of sp³-hybridized carbons (Fsp3) is 0.360. The highest BCUT2D eigenvalue weighted by molar-refractivity contribution is 6.37. The SMILES string of the molecule is COc1ccccc1C1=C(Nc2cc(C)cc(C)c2)C(=O)N(CCN2CCOCC2)C1=O. The van der Waals surface area contributed by atoms with Crippen molar-refractivity contribution < 1.29 is 19.1 Å². The minimum atomic E-state index is -0.316. The third-order valence-corrected chi connectivity index (χ3v) is 5.78. The van der Waals surface area contributed by atoms with Crippen molar-refractivity contribution in [2.45, 2.75) is 13.8 Å². The van der Waals surface area contributed by atoms with E-state index in [4.69, 9.17) is 9.47 Å². The number of para-hydroxylation sites is 1. The number of aryl methyl sites for hydroxylation is 2. The van der Waals surface area contributed by atoms with Crippen molar-refractivity contribution in [3.63, 3.8) is 0 Å². The summed E-state index contributed by atoms with van der Waals surface area (Å²) in [4.78, 5) is 30.5. The smallest absolute Gasteiger partial charge is 0.278 e. The number of morpholine rings is 1. The van der Waals surface area contributed by atoms with Gasteiger partial charge in [-0.2, -0.15) is 0 Å². The Morgan fingerprint density at radius 3 is 2.34 bits per heavy atom.